The van der Waals surface area contributed by atoms with Gasteiger partial charge in [0.05, 0.1) is 6.04 Å². The molecule has 1 unspecified atom stereocenters. The zero-order valence-corrected chi connectivity index (χ0v) is 17.4. The molecular formula is C22H24F2N4O3. The van der Waals surface area contributed by atoms with Crippen molar-refractivity contribution in [3.8, 4) is 5.75 Å². The van der Waals surface area contributed by atoms with E-state index in [9.17, 15) is 18.4 Å². The van der Waals surface area contributed by atoms with E-state index in [0.717, 1.165) is 10.9 Å². The average Bonchev–Trinajstić information content (AvgIpc) is 3.09. The number of halogens is 2. The lowest BCUT2D eigenvalue weighted by Gasteiger charge is -2.16. The van der Waals surface area contributed by atoms with Gasteiger partial charge in [0.2, 0.25) is 5.91 Å². The maximum Gasteiger partial charge on any atom is 0.387 e. The van der Waals surface area contributed by atoms with E-state index in [1.165, 1.54) is 17.0 Å². The third kappa shape index (κ3) is 5.71. The maximum absolute atomic E-state index is 12.4. The largest absolute Gasteiger partial charge is 0.435 e. The number of benzene rings is 2. The standard InChI is InChI=1S/C22H24F2N4O3/c1-14(15-5-4-6-18(12-15)31-21(23)24)25-22(30)26-17-7-8-19-16(11-17)9-10-28(19)13-20(29)27(2)3/h4-12,14,21H,13H2,1-3H3,(H2,25,26,30). The topological polar surface area (TPSA) is 75.6 Å². The summed E-state index contributed by atoms with van der Waals surface area (Å²) in [6, 6.07) is 12.6. The van der Waals surface area contributed by atoms with Crippen LogP contribution in [-0.4, -0.2) is 42.1 Å². The normalized spacial score (nSPS) is 11.9. The Hall–Kier alpha value is -3.62. The van der Waals surface area contributed by atoms with E-state index in [1.54, 1.807) is 39.2 Å². The first-order chi connectivity index (χ1) is 14.7. The van der Waals surface area contributed by atoms with Gasteiger partial charge in [0.15, 0.2) is 0 Å². The summed E-state index contributed by atoms with van der Waals surface area (Å²) in [5, 5.41) is 6.42. The fourth-order valence-electron chi connectivity index (χ4n) is 3.11. The Balaban J connectivity index is 1.64. The molecule has 0 spiro atoms. The lowest BCUT2D eigenvalue weighted by molar-refractivity contribution is -0.129. The summed E-state index contributed by atoms with van der Waals surface area (Å²) in [7, 11) is 3.41. The first-order valence-corrected chi connectivity index (χ1v) is 9.64. The smallest absolute Gasteiger partial charge is 0.387 e. The summed E-state index contributed by atoms with van der Waals surface area (Å²) in [6.45, 7) is -0.936. The molecule has 0 aliphatic carbocycles. The van der Waals surface area contributed by atoms with Crippen molar-refractivity contribution in [2.24, 2.45) is 0 Å². The minimum Gasteiger partial charge on any atom is -0.435 e. The summed E-state index contributed by atoms with van der Waals surface area (Å²) >= 11 is 0. The Morgan fingerprint density at radius 1 is 1.13 bits per heavy atom. The van der Waals surface area contributed by atoms with Crippen LogP contribution in [0.2, 0.25) is 0 Å². The molecule has 0 saturated heterocycles. The van der Waals surface area contributed by atoms with Crippen LogP contribution in [0.4, 0.5) is 19.3 Å². The Morgan fingerprint density at radius 2 is 1.90 bits per heavy atom. The van der Waals surface area contributed by atoms with Crippen LogP contribution in [0.5, 0.6) is 5.75 Å². The van der Waals surface area contributed by atoms with Gasteiger partial charge in [-0.2, -0.15) is 8.78 Å². The Labute approximate surface area is 178 Å². The molecule has 3 amide bonds. The number of urea groups is 1. The Kier molecular flexibility index (Phi) is 6.74. The quantitative estimate of drug-likeness (QED) is 0.590. The van der Waals surface area contributed by atoms with E-state index in [2.05, 4.69) is 15.4 Å². The van der Waals surface area contributed by atoms with E-state index in [1.807, 2.05) is 29.0 Å². The van der Waals surface area contributed by atoms with Crippen LogP contribution < -0.4 is 15.4 Å². The van der Waals surface area contributed by atoms with Gasteiger partial charge in [0, 0.05) is 36.9 Å². The highest BCUT2D eigenvalue weighted by Crippen LogP contribution is 2.22. The number of amides is 3. The summed E-state index contributed by atoms with van der Waals surface area (Å²) in [5.41, 5.74) is 2.10. The van der Waals surface area contributed by atoms with Crippen LogP contribution in [0.1, 0.15) is 18.5 Å². The van der Waals surface area contributed by atoms with Gasteiger partial charge in [0.25, 0.3) is 0 Å². The number of rotatable bonds is 7. The molecule has 7 nitrogen and oxygen atoms in total. The van der Waals surface area contributed by atoms with Gasteiger partial charge < -0.3 is 24.8 Å². The van der Waals surface area contributed by atoms with Gasteiger partial charge in [-0.3, -0.25) is 4.79 Å². The fourth-order valence-corrected chi connectivity index (χ4v) is 3.11. The summed E-state index contributed by atoms with van der Waals surface area (Å²) in [5.74, 6) is 0.0142. The predicted molar refractivity (Wildman–Crippen MR) is 114 cm³/mol. The molecule has 0 saturated carbocycles. The molecule has 0 bridgehead atoms. The molecule has 1 atom stereocenters. The van der Waals surface area contributed by atoms with Gasteiger partial charge >= 0.3 is 12.6 Å². The number of anilines is 1. The lowest BCUT2D eigenvalue weighted by atomic mass is 10.1. The number of hydrogen-bond acceptors (Lipinski definition) is 3. The van der Waals surface area contributed by atoms with E-state index >= 15 is 0 Å². The zero-order valence-electron chi connectivity index (χ0n) is 17.4. The molecule has 3 rings (SSSR count). The highest BCUT2D eigenvalue weighted by molar-refractivity contribution is 5.93. The minimum absolute atomic E-state index is 0.0175. The number of likely N-dealkylation sites (N-methyl/N-ethyl adjacent to an activating group) is 1. The van der Waals surface area contributed by atoms with Crippen molar-refractivity contribution in [2.45, 2.75) is 26.1 Å². The number of hydrogen-bond donors (Lipinski definition) is 2. The molecular weight excluding hydrogens is 406 g/mol. The second-order valence-corrected chi connectivity index (χ2v) is 7.28. The van der Waals surface area contributed by atoms with Crippen molar-refractivity contribution in [2.75, 3.05) is 19.4 Å². The molecule has 1 heterocycles. The Morgan fingerprint density at radius 3 is 2.61 bits per heavy atom. The molecule has 31 heavy (non-hydrogen) atoms. The van der Waals surface area contributed by atoms with Crippen molar-refractivity contribution in [3.63, 3.8) is 0 Å². The first-order valence-electron chi connectivity index (χ1n) is 9.64. The van der Waals surface area contributed by atoms with Crippen molar-refractivity contribution >= 4 is 28.5 Å². The number of ether oxygens (including phenoxy) is 1. The monoisotopic (exact) mass is 430 g/mol. The van der Waals surface area contributed by atoms with E-state index < -0.39 is 18.7 Å². The lowest BCUT2D eigenvalue weighted by Crippen LogP contribution is -2.31. The number of carbonyl (C=O) groups excluding carboxylic acids is 2. The van der Waals surface area contributed by atoms with Crippen molar-refractivity contribution in [1.29, 1.82) is 0 Å². The van der Waals surface area contributed by atoms with E-state index in [4.69, 9.17) is 0 Å². The molecule has 0 aliphatic heterocycles. The molecule has 0 aliphatic rings. The number of fused-ring (bicyclic) bond motifs is 1. The molecule has 2 N–H and O–H groups in total. The third-order valence-corrected chi connectivity index (χ3v) is 4.76. The van der Waals surface area contributed by atoms with Gasteiger partial charge in [-0.1, -0.05) is 12.1 Å². The number of carbonyl (C=O) groups is 2. The maximum atomic E-state index is 12.4. The van der Waals surface area contributed by atoms with Crippen molar-refractivity contribution in [1.82, 2.24) is 14.8 Å². The number of alkyl halides is 2. The van der Waals surface area contributed by atoms with Crippen molar-refractivity contribution in [3.05, 3.63) is 60.3 Å². The molecule has 1 aromatic heterocycles. The second kappa shape index (κ2) is 9.46. The number of nitrogens with zero attached hydrogens (tertiary/aromatic N) is 2. The third-order valence-electron chi connectivity index (χ3n) is 4.76. The minimum atomic E-state index is -2.91. The highest BCUT2D eigenvalue weighted by Gasteiger charge is 2.13. The summed E-state index contributed by atoms with van der Waals surface area (Å²) < 4.78 is 31.0. The molecule has 3 aromatic rings. The Bertz CT molecular complexity index is 1080. The van der Waals surface area contributed by atoms with Crippen molar-refractivity contribution < 1.29 is 23.1 Å². The first kappa shape index (κ1) is 22.1. The number of nitrogens with one attached hydrogen (secondary N) is 2. The number of aromatic nitrogens is 1. The molecule has 0 radical (unpaired) electrons. The van der Waals surface area contributed by atoms with Crippen LogP contribution >= 0.6 is 0 Å². The van der Waals surface area contributed by atoms with Crippen LogP contribution in [-0.2, 0) is 11.3 Å². The van der Waals surface area contributed by atoms with Crippen LogP contribution in [0.25, 0.3) is 10.9 Å². The van der Waals surface area contributed by atoms with Gasteiger partial charge in [0.1, 0.15) is 12.3 Å². The summed E-state index contributed by atoms with van der Waals surface area (Å²) in [4.78, 5) is 25.9. The van der Waals surface area contributed by atoms with Crippen LogP contribution in [0, 0.1) is 0 Å². The molecule has 2 aromatic carbocycles. The van der Waals surface area contributed by atoms with Gasteiger partial charge in [-0.25, -0.2) is 4.79 Å². The summed E-state index contributed by atoms with van der Waals surface area (Å²) in [6.07, 6.45) is 1.83. The fraction of sp³-hybridized carbons (Fsp3) is 0.273. The molecule has 9 heteroatoms. The van der Waals surface area contributed by atoms with Gasteiger partial charge in [-0.15, -0.1) is 0 Å². The molecule has 0 fully saturated rings. The highest BCUT2D eigenvalue weighted by atomic mass is 19.3. The molecule has 164 valence electrons. The zero-order chi connectivity index (χ0) is 22.5. The van der Waals surface area contributed by atoms with Crippen LogP contribution in [0.15, 0.2) is 54.7 Å². The second-order valence-electron chi connectivity index (χ2n) is 7.28. The van der Waals surface area contributed by atoms with E-state index in [0.29, 0.717) is 11.3 Å². The van der Waals surface area contributed by atoms with Crippen LogP contribution in [0.3, 0.4) is 0 Å². The average molecular weight is 430 g/mol. The van der Waals surface area contributed by atoms with E-state index in [-0.39, 0.29) is 18.2 Å². The van der Waals surface area contributed by atoms with Gasteiger partial charge in [-0.05, 0) is 48.9 Å². The predicted octanol–water partition coefficient (Wildman–Crippen LogP) is 4.21. The SMILES string of the molecule is CC(NC(=O)Nc1ccc2c(ccn2CC(=O)N(C)C)c1)c1cccc(OC(F)F)c1.